The Morgan fingerprint density at radius 3 is 1.83 bits per heavy atom. The predicted octanol–water partition coefficient (Wildman–Crippen LogP) is 16.0. The molecule has 0 fully saturated rings. The van der Waals surface area contributed by atoms with Gasteiger partial charge in [0.25, 0.3) is 0 Å². The molecule has 1 heterocycles. The van der Waals surface area contributed by atoms with Gasteiger partial charge >= 0.3 is 0 Å². The lowest BCUT2D eigenvalue weighted by molar-refractivity contribution is 0.669. The maximum Gasteiger partial charge on any atom is 0.135 e. The van der Waals surface area contributed by atoms with Crippen LogP contribution in [0, 0.1) is 5.92 Å². The summed E-state index contributed by atoms with van der Waals surface area (Å²) in [5, 5.41) is 7.40. The summed E-state index contributed by atoms with van der Waals surface area (Å²) < 4.78 is 6.21. The van der Waals surface area contributed by atoms with Crippen molar-refractivity contribution < 1.29 is 4.42 Å². The van der Waals surface area contributed by atoms with Gasteiger partial charge in [0.15, 0.2) is 0 Å². The molecule has 280 valence electrons. The maximum atomic E-state index is 6.21. The predicted molar refractivity (Wildman–Crippen MR) is 250 cm³/mol. The van der Waals surface area contributed by atoms with Crippen molar-refractivity contribution >= 4 is 60.4 Å². The Morgan fingerprint density at radius 1 is 0.424 bits per heavy atom. The van der Waals surface area contributed by atoms with E-state index in [1.807, 2.05) is 6.07 Å². The molecule has 0 amide bonds. The van der Waals surface area contributed by atoms with Gasteiger partial charge in [-0.1, -0.05) is 165 Å². The summed E-state index contributed by atoms with van der Waals surface area (Å²) >= 11 is 0. The zero-order valence-corrected chi connectivity index (χ0v) is 32.8. The third-order valence-electron chi connectivity index (χ3n) is 12.1. The van der Waals surface area contributed by atoms with Crippen LogP contribution < -0.4 is 4.90 Å². The van der Waals surface area contributed by atoms with Gasteiger partial charge in [0, 0.05) is 27.8 Å². The summed E-state index contributed by atoms with van der Waals surface area (Å²) in [5.74, 6) is 0.361. The summed E-state index contributed by atoms with van der Waals surface area (Å²) in [6.07, 6.45) is 5.74. The number of fused-ring (bicyclic) bond motifs is 6. The lowest BCUT2D eigenvalue weighted by Gasteiger charge is -2.31. The number of hydrogen-bond donors (Lipinski definition) is 0. The summed E-state index contributed by atoms with van der Waals surface area (Å²) in [6, 6.07) is 72.5. The fourth-order valence-electron chi connectivity index (χ4n) is 9.06. The van der Waals surface area contributed by atoms with Gasteiger partial charge in [-0.2, -0.15) is 0 Å². The number of rotatable bonds is 7. The third kappa shape index (κ3) is 6.31. The summed E-state index contributed by atoms with van der Waals surface area (Å²) in [4.78, 5) is 2.42. The molecule has 0 spiro atoms. The van der Waals surface area contributed by atoms with E-state index in [9.17, 15) is 0 Å². The Morgan fingerprint density at radius 2 is 1.03 bits per heavy atom. The van der Waals surface area contributed by atoms with Crippen molar-refractivity contribution in [3.8, 4) is 33.4 Å². The molecule has 0 saturated heterocycles. The minimum absolute atomic E-state index is 0.361. The highest BCUT2D eigenvalue weighted by molar-refractivity contribution is 6.12. The maximum absolute atomic E-state index is 6.21. The second-order valence-corrected chi connectivity index (χ2v) is 15.7. The molecule has 0 N–H and O–H groups in total. The van der Waals surface area contributed by atoms with Crippen molar-refractivity contribution in [2.75, 3.05) is 4.90 Å². The number of nitrogens with zero attached hydrogens (tertiary/aromatic N) is 1. The van der Waals surface area contributed by atoms with Crippen LogP contribution >= 0.6 is 0 Å². The van der Waals surface area contributed by atoms with Gasteiger partial charge in [-0.25, -0.2) is 0 Å². The van der Waals surface area contributed by atoms with Crippen LogP contribution in [-0.2, 0) is 0 Å². The standard InChI is InChI=1S/C57H41NO/c1-38-21-28-48(37-54(38)45-27-34-57-55(36-45)53-17-7-8-20-56(53)59-57)58(46-29-22-40(23-30-46)44-15-9-14-43(35-44)39-11-3-2-4-12-39)47-31-24-42(25-32-47)50-18-10-19-51-49-16-6-5-13-41(49)26-33-52(50)51/h2-20,22-38H,21H2,1H3. The monoisotopic (exact) mass is 755 g/mol. The summed E-state index contributed by atoms with van der Waals surface area (Å²) in [7, 11) is 0. The Bertz CT molecular complexity index is 3240. The third-order valence-corrected chi connectivity index (χ3v) is 12.1. The number of benzene rings is 9. The fraction of sp³-hybridized carbons (Fsp3) is 0.0526. The van der Waals surface area contributed by atoms with E-state index in [1.54, 1.807) is 0 Å². The molecule has 1 aliphatic carbocycles. The molecule has 0 bridgehead atoms. The average molecular weight is 756 g/mol. The van der Waals surface area contributed by atoms with E-state index < -0.39 is 0 Å². The number of hydrogen-bond acceptors (Lipinski definition) is 2. The molecule has 2 heteroatoms. The normalized spacial score (nSPS) is 14.2. The number of anilines is 2. The summed E-state index contributed by atoms with van der Waals surface area (Å²) in [6.45, 7) is 2.33. The molecule has 0 saturated carbocycles. The van der Waals surface area contributed by atoms with Crippen molar-refractivity contribution in [3.63, 3.8) is 0 Å². The molecule has 10 aromatic rings. The van der Waals surface area contributed by atoms with Crippen LogP contribution in [-0.4, -0.2) is 0 Å². The van der Waals surface area contributed by atoms with E-state index in [-0.39, 0.29) is 0 Å². The van der Waals surface area contributed by atoms with Crippen molar-refractivity contribution in [1.29, 1.82) is 0 Å². The molecular weight excluding hydrogens is 715 g/mol. The molecule has 59 heavy (non-hydrogen) atoms. The van der Waals surface area contributed by atoms with Gasteiger partial charge in [-0.05, 0) is 133 Å². The van der Waals surface area contributed by atoms with E-state index in [1.165, 1.54) is 71.8 Å². The van der Waals surface area contributed by atoms with Crippen molar-refractivity contribution in [2.45, 2.75) is 13.3 Å². The Kier molecular flexibility index (Phi) is 8.56. The lowest BCUT2D eigenvalue weighted by Crippen LogP contribution is -2.18. The SMILES string of the molecule is CC1CC=C(N(c2ccc(-c3cccc(-c4ccccc4)c3)cc2)c2ccc(-c3cccc4c3ccc3ccccc34)cc2)C=C1c1ccc2oc3ccccc3c2c1. The average Bonchev–Trinajstić information content (AvgIpc) is 3.68. The van der Waals surface area contributed by atoms with Gasteiger partial charge in [0.05, 0.1) is 0 Å². The van der Waals surface area contributed by atoms with E-state index in [4.69, 9.17) is 4.42 Å². The Balaban J connectivity index is 1.00. The van der Waals surface area contributed by atoms with E-state index in [2.05, 4.69) is 218 Å². The first-order valence-corrected chi connectivity index (χ1v) is 20.5. The topological polar surface area (TPSA) is 16.4 Å². The van der Waals surface area contributed by atoms with Gasteiger partial charge < -0.3 is 9.32 Å². The minimum Gasteiger partial charge on any atom is -0.456 e. The highest BCUT2D eigenvalue weighted by Gasteiger charge is 2.22. The molecule has 1 atom stereocenters. The fourth-order valence-corrected chi connectivity index (χ4v) is 9.06. The quantitative estimate of drug-likeness (QED) is 0.151. The molecule has 1 unspecified atom stereocenters. The molecular formula is C57H41NO. The highest BCUT2D eigenvalue weighted by atomic mass is 16.3. The first-order chi connectivity index (χ1) is 29.1. The van der Waals surface area contributed by atoms with E-state index in [0.29, 0.717) is 5.92 Å². The minimum atomic E-state index is 0.361. The second-order valence-electron chi connectivity index (χ2n) is 15.7. The molecule has 0 aliphatic heterocycles. The van der Waals surface area contributed by atoms with Crippen molar-refractivity contribution in [1.82, 2.24) is 0 Å². The largest absolute Gasteiger partial charge is 0.456 e. The van der Waals surface area contributed by atoms with E-state index >= 15 is 0 Å². The van der Waals surface area contributed by atoms with Crippen LogP contribution in [0.2, 0.25) is 0 Å². The molecule has 9 aromatic carbocycles. The van der Waals surface area contributed by atoms with Crippen LogP contribution in [0.5, 0.6) is 0 Å². The van der Waals surface area contributed by atoms with Crippen molar-refractivity contribution in [2.24, 2.45) is 5.92 Å². The van der Waals surface area contributed by atoms with Gasteiger partial charge in [-0.3, -0.25) is 0 Å². The first-order valence-electron chi connectivity index (χ1n) is 20.5. The molecule has 1 aromatic heterocycles. The zero-order valence-electron chi connectivity index (χ0n) is 32.8. The number of allylic oxidation sites excluding steroid dienone is 3. The zero-order chi connectivity index (χ0) is 39.3. The van der Waals surface area contributed by atoms with Gasteiger partial charge in [0.2, 0.25) is 0 Å². The Labute approximate surface area is 344 Å². The molecule has 0 radical (unpaired) electrons. The smallest absolute Gasteiger partial charge is 0.135 e. The van der Waals surface area contributed by atoms with Crippen LogP contribution in [0.3, 0.4) is 0 Å². The lowest BCUT2D eigenvalue weighted by atomic mass is 9.86. The number of furan rings is 1. The molecule has 11 rings (SSSR count). The summed E-state index contributed by atoms with van der Waals surface area (Å²) in [5.41, 5.74) is 15.1. The Hall–Kier alpha value is -7.42. The van der Waals surface area contributed by atoms with Crippen LogP contribution in [0.1, 0.15) is 18.9 Å². The second kappa shape index (κ2) is 14.5. The highest BCUT2D eigenvalue weighted by Crippen LogP contribution is 2.42. The number of para-hydroxylation sites is 1. The van der Waals surface area contributed by atoms with Gasteiger partial charge in [0.1, 0.15) is 11.2 Å². The molecule has 1 aliphatic rings. The van der Waals surface area contributed by atoms with Crippen LogP contribution in [0.25, 0.3) is 82.4 Å². The van der Waals surface area contributed by atoms with Gasteiger partial charge in [-0.15, -0.1) is 0 Å². The van der Waals surface area contributed by atoms with Crippen LogP contribution in [0.15, 0.2) is 222 Å². The van der Waals surface area contributed by atoms with E-state index in [0.717, 1.165) is 39.7 Å². The van der Waals surface area contributed by atoms with Crippen molar-refractivity contribution in [3.05, 3.63) is 224 Å². The first kappa shape index (κ1) is 34.8. The molecule has 2 nitrogen and oxygen atoms in total. The van der Waals surface area contributed by atoms with Crippen LogP contribution in [0.4, 0.5) is 11.4 Å².